The van der Waals surface area contributed by atoms with Gasteiger partial charge in [0.15, 0.2) is 5.76 Å². The minimum Gasteiger partial charge on any atom is -0.495 e. The number of furan rings is 1. The van der Waals surface area contributed by atoms with Gasteiger partial charge in [-0.05, 0) is 30.3 Å². The highest BCUT2D eigenvalue weighted by Crippen LogP contribution is 2.26. The molecule has 7 heteroatoms. The molecule has 0 unspecified atom stereocenters. The van der Waals surface area contributed by atoms with Crippen molar-refractivity contribution >= 4 is 28.5 Å². The summed E-state index contributed by atoms with van der Waals surface area (Å²) in [4.78, 5) is 23.4. The Kier molecular flexibility index (Phi) is 4.62. The highest BCUT2D eigenvalue weighted by Gasteiger charge is 2.14. The molecule has 7 nitrogen and oxygen atoms in total. The Morgan fingerprint density at radius 1 is 1.15 bits per heavy atom. The van der Waals surface area contributed by atoms with Gasteiger partial charge < -0.3 is 24.9 Å². The molecule has 0 saturated carbocycles. The number of hydrogen-bond acceptors (Lipinski definition) is 5. The molecule has 0 fully saturated rings. The number of benzene rings is 2. The fraction of sp³-hybridized carbons (Fsp3) is 0.0526. The highest BCUT2D eigenvalue weighted by molar-refractivity contribution is 5.97. The van der Waals surface area contributed by atoms with Crippen LogP contribution < -0.4 is 15.4 Å². The summed E-state index contributed by atoms with van der Waals surface area (Å²) in [5.74, 6) is -0.856. The lowest BCUT2D eigenvalue weighted by atomic mass is 10.2. The first-order valence-corrected chi connectivity index (χ1v) is 7.65. The van der Waals surface area contributed by atoms with Crippen molar-refractivity contribution in [3.63, 3.8) is 0 Å². The number of nitrogens with one attached hydrogen (secondary N) is 2. The number of anilines is 1. The second-order valence-electron chi connectivity index (χ2n) is 5.43. The molecule has 3 aromatic rings. The summed E-state index contributed by atoms with van der Waals surface area (Å²) in [6, 6.07) is 13.2. The van der Waals surface area contributed by atoms with E-state index < -0.39 is 11.9 Å². The molecule has 0 aliphatic rings. The smallest absolute Gasteiger partial charge is 0.335 e. The van der Waals surface area contributed by atoms with Crippen molar-refractivity contribution in [1.29, 1.82) is 0 Å². The van der Waals surface area contributed by atoms with E-state index in [0.717, 1.165) is 5.39 Å². The van der Waals surface area contributed by atoms with Crippen LogP contribution in [0.4, 0.5) is 5.69 Å². The lowest BCUT2D eigenvalue weighted by Gasteiger charge is -2.14. The third-order valence-corrected chi connectivity index (χ3v) is 3.65. The van der Waals surface area contributed by atoms with Gasteiger partial charge in [0, 0.05) is 5.39 Å². The molecule has 132 valence electrons. The molecular weight excluding hydrogens is 336 g/mol. The predicted octanol–water partition coefficient (Wildman–Crippen LogP) is 3.45. The van der Waals surface area contributed by atoms with Crippen molar-refractivity contribution in [1.82, 2.24) is 5.32 Å². The lowest BCUT2D eigenvalue weighted by molar-refractivity contribution is 0.0696. The molecular formula is C19H16N2O5. The monoisotopic (exact) mass is 352 g/mol. The van der Waals surface area contributed by atoms with Gasteiger partial charge in [-0.15, -0.1) is 0 Å². The summed E-state index contributed by atoms with van der Waals surface area (Å²) in [5.41, 5.74) is 1.04. The molecule has 3 rings (SSSR count). The molecule has 0 radical (unpaired) electrons. The molecule has 0 bridgehead atoms. The normalized spacial score (nSPS) is 10.3. The van der Waals surface area contributed by atoms with E-state index in [4.69, 9.17) is 14.3 Å². The summed E-state index contributed by atoms with van der Waals surface area (Å²) < 4.78 is 10.7. The number of para-hydroxylation sites is 1. The molecule has 1 heterocycles. The zero-order valence-corrected chi connectivity index (χ0v) is 13.9. The van der Waals surface area contributed by atoms with E-state index in [1.54, 1.807) is 12.1 Å². The van der Waals surface area contributed by atoms with Crippen LogP contribution in [0.5, 0.6) is 5.75 Å². The van der Waals surface area contributed by atoms with Crippen LogP contribution in [0.25, 0.3) is 11.0 Å². The van der Waals surface area contributed by atoms with Gasteiger partial charge in [-0.25, -0.2) is 4.79 Å². The van der Waals surface area contributed by atoms with Gasteiger partial charge in [-0.2, -0.15) is 0 Å². The van der Waals surface area contributed by atoms with Crippen LogP contribution in [0.1, 0.15) is 20.9 Å². The Hall–Kier alpha value is -3.74. The number of carboxylic acid groups (broad SMARTS) is 1. The van der Waals surface area contributed by atoms with Crippen molar-refractivity contribution in [2.24, 2.45) is 0 Å². The molecule has 0 saturated heterocycles. The van der Waals surface area contributed by atoms with Crippen molar-refractivity contribution in [2.45, 2.75) is 0 Å². The van der Waals surface area contributed by atoms with Gasteiger partial charge in [-0.1, -0.05) is 24.8 Å². The van der Waals surface area contributed by atoms with Crippen LogP contribution in [-0.4, -0.2) is 24.1 Å². The number of fused-ring (bicyclic) bond motifs is 1. The zero-order valence-electron chi connectivity index (χ0n) is 13.9. The van der Waals surface area contributed by atoms with E-state index in [1.165, 1.54) is 25.3 Å². The number of hydrogen-bond donors (Lipinski definition) is 3. The Labute approximate surface area is 148 Å². The number of ether oxygens (including phenoxy) is 1. The third kappa shape index (κ3) is 3.51. The van der Waals surface area contributed by atoms with E-state index in [0.29, 0.717) is 17.0 Å². The summed E-state index contributed by atoms with van der Waals surface area (Å²) in [5, 5.41) is 15.3. The number of carbonyl (C=O) groups excluding carboxylic acids is 1. The fourth-order valence-corrected chi connectivity index (χ4v) is 2.42. The van der Waals surface area contributed by atoms with Crippen molar-refractivity contribution < 1.29 is 23.8 Å². The SMILES string of the molecule is C=C(NC(=O)c1cc2ccccc2o1)Nc1cc(C(=O)O)ccc1OC. The summed E-state index contributed by atoms with van der Waals surface area (Å²) in [7, 11) is 1.46. The Morgan fingerprint density at radius 3 is 2.62 bits per heavy atom. The number of methoxy groups -OCH3 is 1. The number of carboxylic acids is 1. The van der Waals surface area contributed by atoms with Crippen LogP contribution in [-0.2, 0) is 0 Å². The molecule has 0 atom stereocenters. The molecule has 26 heavy (non-hydrogen) atoms. The quantitative estimate of drug-likeness (QED) is 0.628. The number of amides is 1. The largest absolute Gasteiger partial charge is 0.495 e. The summed E-state index contributed by atoms with van der Waals surface area (Å²) >= 11 is 0. The maximum atomic E-state index is 12.3. The van der Waals surface area contributed by atoms with Crippen LogP contribution in [0.2, 0.25) is 0 Å². The first-order valence-electron chi connectivity index (χ1n) is 7.65. The van der Waals surface area contributed by atoms with Crippen LogP contribution in [0.15, 0.2) is 65.3 Å². The van der Waals surface area contributed by atoms with Crippen LogP contribution in [0.3, 0.4) is 0 Å². The van der Waals surface area contributed by atoms with E-state index in [9.17, 15) is 9.59 Å². The molecule has 1 amide bonds. The standard InChI is InChI=1S/C19H16N2O5/c1-11(20-14-9-13(19(23)24)7-8-16(14)25-2)21-18(22)17-10-12-5-3-4-6-15(12)26-17/h3-10,20H,1H2,2H3,(H,21,22)(H,23,24). The van der Waals surface area contributed by atoms with Gasteiger partial charge in [0.2, 0.25) is 0 Å². The second kappa shape index (κ2) is 7.02. The van der Waals surface area contributed by atoms with Crippen molar-refractivity contribution in [3.8, 4) is 5.75 Å². The molecule has 0 aliphatic heterocycles. The summed E-state index contributed by atoms with van der Waals surface area (Å²) in [6.45, 7) is 3.73. The lowest BCUT2D eigenvalue weighted by Crippen LogP contribution is -2.26. The van der Waals surface area contributed by atoms with E-state index in [-0.39, 0.29) is 17.1 Å². The second-order valence-corrected chi connectivity index (χ2v) is 5.43. The fourth-order valence-electron chi connectivity index (χ4n) is 2.42. The van der Waals surface area contributed by atoms with Gasteiger partial charge >= 0.3 is 5.97 Å². The maximum Gasteiger partial charge on any atom is 0.335 e. The molecule has 2 aromatic carbocycles. The van der Waals surface area contributed by atoms with E-state index in [2.05, 4.69) is 17.2 Å². The summed E-state index contributed by atoms with van der Waals surface area (Å²) in [6.07, 6.45) is 0. The van der Waals surface area contributed by atoms with Gasteiger partial charge in [0.05, 0.1) is 18.4 Å². The van der Waals surface area contributed by atoms with Crippen LogP contribution in [0, 0.1) is 0 Å². The van der Waals surface area contributed by atoms with E-state index >= 15 is 0 Å². The maximum absolute atomic E-state index is 12.3. The molecule has 3 N–H and O–H groups in total. The predicted molar refractivity (Wildman–Crippen MR) is 96.4 cm³/mol. The average molecular weight is 352 g/mol. The Balaban J connectivity index is 1.75. The van der Waals surface area contributed by atoms with E-state index in [1.807, 2.05) is 18.2 Å². The molecule has 1 aromatic heterocycles. The van der Waals surface area contributed by atoms with Crippen LogP contribution >= 0.6 is 0 Å². The first kappa shape index (κ1) is 17.1. The van der Waals surface area contributed by atoms with Crippen molar-refractivity contribution in [2.75, 3.05) is 12.4 Å². The number of carbonyl (C=O) groups is 2. The Bertz CT molecular complexity index is 973. The number of rotatable bonds is 6. The van der Waals surface area contributed by atoms with Gasteiger partial charge in [0.25, 0.3) is 5.91 Å². The number of aromatic carboxylic acids is 1. The third-order valence-electron chi connectivity index (χ3n) is 3.65. The van der Waals surface area contributed by atoms with Crippen molar-refractivity contribution in [3.05, 3.63) is 72.3 Å². The minimum absolute atomic E-state index is 0.0738. The molecule has 0 spiro atoms. The minimum atomic E-state index is -1.08. The van der Waals surface area contributed by atoms with Gasteiger partial charge in [0.1, 0.15) is 17.2 Å². The molecule has 0 aliphatic carbocycles. The first-order chi connectivity index (χ1) is 12.5. The Morgan fingerprint density at radius 2 is 1.92 bits per heavy atom. The average Bonchev–Trinajstić information content (AvgIpc) is 3.05. The van der Waals surface area contributed by atoms with Gasteiger partial charge in [-0.3, -0.25) is 4.79 Å². The topological polar surface area (TPSA) is 101 Å². The zero-order chi connectivity index (χ0) is 18.7. The highest BCUT2D eigenvalue weighted by atomic mass is 16.5.